The standard InChI is InChI=1S/C23H25N3O3/c1-29-16-15-26-22(27)20(17-7-3-2-4-8-17)21(23(26)28)24-18-9-11-19(12-10-18)25-13-5-6-14-25/h2-4,7-12,24H,5-6,13-16H2,1H3. The lowest BCUT2D eigenvalue weighted by Gasteiger charge is -2.18. The minimum atomic E-state index is -0.325. The van der Waals surface area contributed by atoms with Gasteiger partial charge in [0.05, 0.1) is 18.7 Å². The van der Waals surface area contributed by atoms with E-state index in [1.165, 1.54) is 23.4 Å². The van der Waals surface area contributed by atoms with Gasteiger partial charge in [0.15, 0.2) is 0 Å². The first-order valence-electron chi connectivity index (χ1n) is 9.96. The number of rotatable bonds is 7. The normalized spacial score (nSPS) is 16.9. The highest BCUT2D eigenvalue weighted by atomic mass is 16.5. The van der Waals surface area contributed by atoms with Crippen LogP contribution in [0.3, 0.4) is 0 Å². The number of ether oxygens (including phenoxy) is 1. The highest BCUT2D eigenvalue weighted by Crippen LogP contribution is 2.31. The van der Waals surface area contributed by atoms with Crippen LogP contribution >= 0.6 is 0 Å². The molecule has 150 valence electrons. The molecule has 0 bridgehead atoms. The second-order valence-corrected chi connectivity index (χ2v) is 7.24. The average molecular weight is 391 g/mol. The third-order valence-electron chi connectivity index (χ3n) is 5.36. The molecule has 0 spiro atoms. The van der Waals surface area contributed by atoms with Crippen LogP contribution in [0.4, 0.5) is 11.4 Å². The van der Waals surface area contributed by atoms with Crippen molar-refractivity contribution >= 4 is 28.8 Å². The predicted octanol–water partition coefficient (Wildman–Crippen LogP) is 3.13. The molecular formula is C23H25N3O3. The summed E-state index contributed by atoms with van der Waals surface area (Å²) in [4.78, 5) is 29.6. The molecule has 2 heterocycles. The molecule has 0 unspecified atom stereocenters. The summed E-state index contributed by atoms with van der Waals surface area (Å²) in [7, 11) is 1.55. The number of hydrogen-bond acceptors (Lipinski definition) is 5. The zero-order valence-corrected chi connectivity index (χ0v) is 16.6. The summed E-state index contributed by atoms with van der Waals surface area (Å²) >= 11 is 0. The Hall–Kier alpha value is -3.12. The predicted molar refractivity (Wildman–Crippen MR) is 113 cm³/mol. The number of imide groups is 1. The maximum absolute atomic E-state index is 13.0. The summed E-state index contributed by atoms with van der Waals surface area (Å²) in [5.41, 5.74) is 3.40. The number of nitrogens with zero attached hydrogens (tertiary/aromatic N) is 2. The third-order valence-corrected chi connectivity index (χ3v) is 5.36. The molecule has 0 saturated carbocycles. The molecule has 0 aliphatic carbocycles. The van der Waals surface area contributed by atoms with Crippen LogP contribution in [0.1, 0.15) is 18.4 Å². The van der Waals surface area contributed by atoms with E-state index in [9.17, 15) is 9.59 Å². The third kappa shape index (κ3) is 3.89. The van der Waals surface area contributed by atoms with Crippen LogP contribution in [0.5, 0.6) is 0 Å². The molecule has 2 aliphatic heterocycles. The van der Waals surface area contributed by atoms with Gasteiger partial charge in [-0.3, -0.25) is 14.5 Å². The van der Waals surface area contributed by atoms with Crippen LogP contribution < -0.4 is 10.2 Å². The summed E-state index contributed by atoms with van der Waals surface area (Å²) in [6, 6.07) is 17.3. The molecule has 6 nitrogen and oxygen atoms in total. The van der Waals surface area contributed by atoms with Crippen molar-refractivity contribution in [1.29, 1.82) is 0 Å². The smallest absolute Gasteiger partial charge is 0.278 e. The van der Waals surface area contributed by atoms with Gasteiger partial charge in [0.2, 0.25) is 0 Å². The molecule has 0 atom stereocenters. The van der Waals surface area contributed by atoms with Crippen molar-refractivity contribution in [3.05, 3.63) is 65.9 Å². The molecule has 4 rings (SSSR count). The van der Waals surface area contributed by atoms with Gasteiger partial charge in [0.25, 0.3) is 11.8 Å². The Bertz CT molecular complexity index is 916. The number of nitrogens with one attached hydrogen (secondary N) is 1. The van der Waals surface area contributed by atoms with E-state index in [1.54, 1.807) is 7.11 Å². The van der Waals surface area contributed by atoms with E-state index >= 15 is 0 Å². The first-order chi connectivity index (χ1) is 14.2. The van der Waals surface area contributed by atoms with Crippen molar-refractivity contribution in [3.8, 4) is 0 Å². The lowest BCUT2D eigenvalue weighted by Crippen LogP contribution is -2.35. The summed E-state index contributed by atoms with van der Waals surface area (Å²) in [6.07, 6.45) is 2.45. The van der Waals surface area contributed by atoms with Crippen LogP contribution in [0, 0.1) is 0 Å². The Morgan fingerprint density at radius 2 is 1.62 bits per heavy atom. The average Bonchev–Trinajstić information content (AvgIpc) is 3.36. The zero-order chi connectivity index (χ0) is 20.2. The fourth-order valence-corrected chi connectivity index (χ4v) is 3.83. The van der Waals surface area contributed by atoms with Crippen molar-refractivity contribution in [2.75, 3.05) is 43.6 Å². The topological polar surface area (TPSA) is 61.9 Å². The number of amides is 2. The van der Waals surface area contributed by atoms with Crippen LogP contribution in [0.2, 0.25) is 0 Å². The van der Waals surface area contributed by atoms with Crippen molar-refractivity contribution in [3.63, 3.8) is 0 Å². The van der Waals surface area contributed by atoms with Gasteiger partial charge in [-0.05, 0) is 42.7 Å². The van der Waals surface area contributed by atoms with E-state index in [4.69, 9.17) is 4.74 Å². The monoisotopic (exact) mass is 391 g/mol. The molecule has 29 heavy (non-hydrogen) atoms. The molecule has 6 heteroatoms. The van der Waals surface area contributed by atoms with Gasteiger partial charge < -0.3 is 15.0 Å². The second-order valence-electron chi connectivity index (χ2n) is 7.24. The van der Waals surface area contributed by atoms with Crippen LogP contribution in [0.15, 0.2) is 60.3 Å². The molecule has 0 aromatic heterocycles. The Morgan fingerprint density at radius 3 is 2.28 bits per heavy atom. The van der Waals surface area contributed by atoms with E-state index in [2.05, 4.69) is 22.3 Å². The molecule has 2 aliphatic rings. The summed E-state index contributed by atoms with van der Waals surface area (Å²) in [5, 5.41) is 3.20. The van der Waals surface area contributed by atoms with Crippen molar-refractivity contribution < 1.29 is 14.3 Å². The van der Waals surface area contributed by atoms with Crippen LogP contribution in [-0.2, 0) is 14.3 Å². The van der Waals surface area contributed by atoms with Gasteiger partial charge in [-0.15, -0.1) is 0 Å². The highest BCUT2D eigenvalue weighted by Gasteiger charge is 2.38. The van der Waals surface area contributed by atoms with Gasteiger partial charge in [-0.1, -0.05) is 30.3 Å². The fraction of sp³-hybridized carbons (Fsp3) is 0.304. The number of anilines is 2. The van der Waals surface area contributed by atoms with E-state index < -0.39 is 0 Å². The maximum Gasteiger partial charge on any atom is 0.278 e. The maximum atomic E-state index is 13.0. The Labute approximate surface area is 170 Å². The molecule has 1 fully saturated rings. The van der Waals surface area contributed by atoms with E-state index in [0.29, 0.717) is 17.9 Å². The number of carbonyl (C=O) groups excluding carboxylic acids is 2. The van der Waals surface area contributed by atoms with Crippen molar-refractivity contribution in [1.82, 2.24) is 4.90 Å². The van der Waals surface area contributed by atoms with E-state index in [1.807, 2.05) is 42.5 Å². The summed E-state index contributed by atoms with van der Waals surface area (Å²) in [5.74, 6) is -0.621. The van der Waals surface area contributed by atoms with Gasteiger partial charge >= 0.3 is 0 Å². The highest BCUT2D eigenvalue weighted by molar-refractivity contribution is 6.36. The SMILES string of the molecule is COCCN1C(=O)C(Nc2ccc(N3CCCC3)cc2)=C(c2ccccc2)C1=O. The summed E-state index contributed by atoms with van der Waals surface area (Å²) < 4.78 is 5.07. The largest absolute Gasteiger partial charge is 0.383 e. The lowest BCUT2D eigenvalue weighted by molar-refractivity contribution is -0.137. The van der Waals surface area contributed by atoms with Gasteiger partial charge in [0.1, 0.15) is 5.70 Å². The van der Waals surface area contributed by atoms with Gasteiger partial charge in [-0.25, -0.2) is 0 Å². The zero-order valence-electron chi connectivity index (χ0n) is 16.6. The number of carbonyl (C=O) groups is 2. The number of methoxy groups -OCH3 is 1. The van der Waals surface area contributed by atoms with Gasteiger partial charge in [-0.2, -0.15) is 0 Å². The molecule has 1 saturated heterocycles. The van der Waals surface area contributed by atoms with E-state index in [0.717, 1.165) is 24.3 Å². The fourth-order valence-electron chi connectivity index (χ4n) is 3.83. The first-order valence-corrected chi connectivity index (χ1v) is 9.96. The molecular weight excluding hydrogens is 366 g/mol. The lowest BCUT2D eigenvalue weighted by atomic mass is 10.0. The Morgan fingerprint density at radius 1 is 0.931 bits per heavy atom. The minimum Gasteiger partial charge on any atom is -0.383 e. The van der Waals surface area contributed by atoms with Crippen molar-refractivity contribution in [2.24, 2.45) is 0 Å². The molecule has 2 aromatic rings. The van der Waals surface area contributed by atoms with E-state index in [-0.39, 0.29) is 18.4 Å². The van der Waals surface area contributed by atoms with Crippen molar-refractivity contribution in [2.45, 2.75) is 12.8 Å². The molecule has 2 aromatic carbocycles. The van der Waals surface area contributed by atoms with Crippen LogP contribution in [0.25, 0.3) is 5.57 Å². The Kier molecular flexibility index (Phi) is 5.62. The number of hydrogen-bond donors (Lipinski definition) is 1. The Balaban J connectivity index is 1.63. The molecule has 1 N–H and O–H groups in total. The molecule has 2 amide bonds. The minimum absolute atomic E-state index is 0.226. The first kappa shape index (κ1) is 19.2. The number of benzene rings is 2. The van der Waals surface area contributed by atoms with Crippen LogP contribution in [-0.4, -0.2) is 50.1 Å². The molecule has 0 radical (unpaired) electrons. The quantitative estimate of drug-likeness (QED) is 0.735. The summed E-state index contributed by atoms with van der Waals surface area (Å²) in [6.45, 7) is 2.69. The van der Waals surface area contributed by atoms with Gasteiger partial charge in [0, 0.05) is 31.6 Å². The second kappa shape index (κ2) is 8.49.